The second-order valence-electron chi connectivity index (χ2n) is 6.48. The molecule has 6 heteroatoms. The molecule has 0 fully saturated rings. The Labute approximate surface area is 133 Å². The van der Waals surface area contributed by atoms with Gasteiger partial charge >= 0.3 is 0 Å². The first kappa shape index (κ1) is 18.6. The van der Waals surface area contributed by atoms with E-state index in [9.17, 15) is 13.2 Å². The summed E-state index contributed by atoms with van der Waals surface area (Å²) in [5, 5.41) is 2.78. The van der Waals surface area contributed by atoms with E-state index in [1.807, 2.05) is 34.6 Å². The quantitative estimate of drug-likeness (QED) is 0.902. The highest BCUT2D eigenvalue weighted by atomic mass is 32.2. The Morgan fingerprint density at radius 3 is 2.23 bits per heavy atom. The van der Waals surface area contributed by atoms with Gasteiger partial charge in [0.05, 0.1) is 11.4 Å². The Hall–Kier alpha value is -1.40. The molecule has 0 aliphatic carbocycles. The summed E-state index contributed by atoms with van der Waals surface area (Å²) in [7, 11) is -3.67. The molecule has 124 valence electrons. The highest BCUT2D eigenvalue weighted by Crippen LogP contribution is 2.19. The van der Waals surface area contributed by atoms with Crippen molar-refractivity contribution in [2.45, 2.75) is 52.0 Å². The van der Waals surface area contributed by atoms with Gasteiger partial charge in [0, 0.05) is 12.1 Å². The lowest BCUT2D eigenvalue weighted by Gasteiger charge is -2.24. The van der Waals surface area contributed by atoms with Crippen LogP contribution in [0.2, 0.25) is 0 Å². The number of rotatable bonds is 5. The van der Waals surface area contributed by atoms with Gasteiger partial charge in [-0.3, -0.25) is 4.79 Å². The molecule has 0 spiro atoms. The maximum atomic E-state index is 12.7. The van der Waals surface area contributed by atoms with Gasteiger partial charge in [-0.1, -0.05) is 13.0 Å². The fraction of sp³-hybridized carbons (Fsp3) is 0.562. The average Bonchev–Trinajstić information content (AvgIpc) is 2.36. The van der Waals surface area contributed by atoms with Gasteiger partial charge in [0.2, 0.25) is 15.9 Å². The molecule has 1 rings (SSSR count). The number of carbonyl (C=O) groups excluding carboxylic acids is 1. The van der Waals surface area contributed by atoms with Gasteiger partial charge < -0.3 is 5.32 Å². The maximum Gasteiger partial charge on any atom is 0.243 e. The summed E-state index contributed by atoms with van der Waals surface area (Å²) < 4.78 is 26.5. The summed E-state index contributed by atoms with van der Waals surface area (Å²) in [5.41, 5.74) is 1.56. The van der Waals surface area contributed by atoms with Crippen LogP contribution in [0.4, 0.5) is 0 Å². The molecule has 0 atom stereocenters. The number of sulfonamides is 1. The number of likely N-dealkylation sites (N-methyl/N-ethyl adjacent to an activating group) is 1. The lowest BCUT2D eigenvalue weighted by atomic mass is 10.1. The standard InChI is InChI=1S/C16H26N2O3S/c1-7-18(11-15(19)17-16(4,5)6)22(20,21)14-9-8-12(2)13(3)10-14/h8-10H,7,11H2,1-6H3,(H,17,19). The van der Waals surface area contributed by atoms with E-state index in [0.717, 1.165) is 11.1 Å². The largest absolute Gasteiger partial charge is 0.350 e. The predicted molar refractivity (Wildman–Crippen MR) is 88.2 cm³/mol. The third kappa shape index (κ3) is 4.81. The van der Waals surface area contributed by atoms with Crippen LogP contribution >= 0.6 is 0 Å². The van der Waals surface area contributed by atoms with Gasteiger partial charge in [-0.05, 0) is 57.9 Å². The molecule has 0 aliphatic rings. The number of hydrogen-bond donors (Lipinski definition) is 1. The zero-order valence-electron chi connectivity index (χ0n) is 14.2. The normalized spacial score (nSPS) is 12.5. The monoisotopic (exact) mass is 326 g/mol. The van der Waals surface area contributed by atoms with Crippen molar-refractivity contribution in [1.29, 1.82) is 0 Å². The molecule has 1 amide bonds. The van der Waals surface area contributed by atoms with Crippen LogP contribution in [-0.2, 0) is 14.8 Å². The zero-order valence-corrected chi connectivity index (χ0v) is 15.0. The van der Waals surface area contributed by atoms with Gasteiger partial charge in [-0.25, -0.2) is 8.42 Å². The van der Waals surface area contributed by atoms with Crippen LogP contribution in [0.3, 0.4) is 0 Å². The van der Waals surface area contributed by atoms with E-state index < -0.39 is 10.0 Å². The lowest BCUT2D eigenvalue weighted by Crippen LogP contribution is -2.47. The van der Waals surface area contributed by atoms with Crippen LogP contribution in [0, 0.1) is 13.8 Å². The second-order valence-corrected chi connectivity index (χ2v) is 8.41. The first-order valence-corrected chi connectivity index (χ1v) is 8.80. The van der Waals surface area contributed by atoms with Crippen molar-refractivity contribution in [3.05, 3.63) is 29.3 Å². The Balaban J connectivity index is 3.02. The lowest BCUT2D eigenvalue weighted by molar-refractivity contribution is -0.122. The topological polar surface area (TPSA) is 66.5 Å². The summed E-state index contributed by atoms with van der Waals surface area (Å²) in [6, 6.07) is 5.02. The average molecular weight is 326 g/mol. The van der Waals surface area contributed by atoms with Crippen LogP contribution in [0.25, 0.3) is 0 Å². The molecule has 0 unspecified atom stereocenters. The van der Waals surface area contributed by atoms with E-state index in [2.05, 4.69) is 5.32 Å². The molecule has 5 nitrogen and oxygen atoms in total. The molecule has 0 aromatic heterocycles. The van der Waals surface area contributed by atoms with E-state index in [0.29, 0.717) is 0 Å². The number of benzene rings is 1. The first-order valence-electron chi connectivity index (χ1n) is 7.36. The number of amides is 1. The van der Waals surface area contributed by atoms with Gasteiger partial charge in [-0.15, -0.1) is 0 Å². The molecule has 0 saturated heterocycles. The molecular formula is C16H26N2O3S. The Morgan fingerprint density at radius 1 is 1.18 bits per heavy atom. The van der Waals surface area contributed by atoms with Gasteiger partial charge in [-0.2, -0.15) is 4.31 Å². The second kappa shape index (κ2) is 6.79. The van der Waals surface area contributed by atoms with E-state index in [1.165, 1.54) is 4.31 Å². The summed E-state index contributed by atoms with van der Waals surface area (Å²) >= 11 is 0. The molecule has 1 N–H and O–H groups in total. The summed E-state index contributed by atoms with van der Waals surface area (Å²) in [6.45, 7) is 11.2. The number of hydrogen-bond acceptors (Lipinski definition) is 3. The van der Waals surface area contributed by atoms with Crippen molar-refractivity contribution in [2.24, 2.45) is 0 Å². The Kier molecular flexibility index (Phi) is 5.76. The van der Waals surface area contributed by atoms with Gasteiger partial charge in [0.15, 0.2) is 0 Å². The van der Waals surface area contributed by atoms with Crippen molar-refractivity contribution in [2.75, 3.05) is 13.1 Å². The van der Waals surface area contributed by atoms with Crippen LogP contribution in [0.5, 0.6) is 0 Å². The number of nitrogens with one attached hydrogen (secondary N) is 1. The maximum absolute atomic E-state index is 12.7. The van der Waals surface area contributed by atoms with Crippen molar-refractivity contribution < 1.29 is 13.2 Å². The molecule has 0 bridgehead atoms. The summed E-state index contributed by atoms with van der Waals surface area (Å²) in [4.78, 5) is 12.2. The number of nitrogens with zero attached hydrogens (tertiary/aromatic N) is 1. The van der Waals surface area contributed by atoms with E-state index in [-0.39, 0.29) is 29.4 Å². The Bertz CT molecular complexity index is 646. The third-order valence-electron chi connectivity index (χ3n) is 3.30. The highest BCUT2D eigenvalue weighted by molar-refractivity contribution is 7.89. The van der Waals surface area contributed by atoms with E-state index >= 15 is 0 Å². The summed E-state index contributed by atoms with van der Waals surface area (Å²) in [6.07, 6.45) is 0. The molecular weight excluding hydrogens is 300 g/mol. The van der Waals surface area contributed by atoms with Crippen LogP contribution in [0.1, 0.15) is 38.8 Å². The predicted octanol–water partition coefficient (Wildman–Crippen LogP) is 2.23. The molecule has 0 aliphatic heterocycles. The molecule has 1 aromatic rings. The minimum Gasteiger partial charge on any atom is -0.350 e. The molecule has 0 saturated carbocycles. The summed E-state index contributed by atoms with van der Waals surface area (Å²) in [5.74, 6) is -0.304. The minimum absolute atomic E-state index is 0.178. The SMILES string of the molecule is CCN(CC(=O)NC(C)(C)C)S(=O)(=O)c1ccc(C)c(C)c1. The fourth-order valence-electron chi connectivity index (χ4n) is 2.01. The van der Waals surface area contributed by atoms with Crippen LogP contribution in [0.15, 0.2) is 23.1 Å². The van der Waals surface area contributed by atoms with E-state index in [1.54, 1.807) is 25.1 Å². The number of aryl methyl sites for hydroxylation is 2. The van der Waals surface area contributed by atoms with Gasteiger partial charge in [0.25, 0.3) is 0 Å². The fourth-order valence-corrected chi connectivity index (χ4v) is 3.50. The third-order valence-corrected chi connectivity index (χ3v) is 5.22. The first-order chi connectivity index (χ1) is 9.97. The van der Waals surface area contributed by atoms with Crippen LogP contribution in [-0.4, -0.2) is 37.3 Å². The van der Waals surface area contributed by atoms with Gasteiger partial charge in [0.1, 0.15) is 0 Å². The van der Waals surface area contributed by atoms with Crippen molar-refractivity contribution >= 4 is 15.9 Å². The molecule has 0 radical (unpaired) electrons. The zero-order chi connectivity index (χ0) is 17.1. The molecule has 22 heavy (non-hydrogen) atoms. The molecule has 1 aromatic carbocycles. The highest BCUT2D eigenvalue weighted by Gasteiger charge is 2.26. The van der Waals surface area contributed by atoms with Crippen molar-refractivity contribution in [3.8, 4) is 0 Å². The van der Waals surface area contributed by atoms with Crippen molar-refractivity contribution in [1.82, 2.24) is 9.62 Å². The van der Waals surface area contributed by atoms with Crippen LogP contribution < -0.4 is 5.32 Å². The van der Waals surface area contributed by atoms with E-state index in [4.69, 9.17) is 0 Å². The smallest absolute Gasteiger partial charge is 0.243 e. The minimum atomic E-state index is -3.67. The Morgan fingerprint density at radius 2 is 1.77 bits per heavy atom. The number of carbonyl (C=O) groups is 1. The van der Waals surface area contributed by atoms with Crippen molar-refractivity contribution in [3.63, 3.8) is 0 Å². The molecule has 0 heterocycles.